The molecule has 172 valence electrons. The van der Waals surface area contributed by atoms with Crippen LogP contribution in [0.25, 0.3) is 0 Å². The van der Waals surface area contributed by atoms with Gasteiger partial charge in [-0.15, -0.1) is 0 Å². The molecule has 9 nitrogen and oxygen atoms in total. The van der Waals surface area contributed by atoms with Crippen molar-refractivity contribution >= 4 is 27.5 Å². The summed E-state index contributed by atoms with van der Waals surface area (Å²) < 4.78 is 39.2. The van der Waals surface area contributed by atoms with E-state index in [0.29, 0.717) is 48.6 Å². The van der Waals surface area contributed by atoms with Crippen molar-refractivity contribution in [3.8, 4) is 5.75 Å². The number of nitrogens with one attached hydrogen (secondary N) is 2. The molecule has 1 fully saturated rings. The lowest BCUT2D eigenvalue weighted by molar-refractivity contribution is -0.126. The van der Waals surface area contributed by atoms with Gasteiger partial charge in [0.15, 0.2) is 6.10 Å². The number of ether oxygens (including phenoxy) is 1. The Morgan fingerprint density at radius 1 is 1.34 bits per heavy atom. The van der Waals surface area contributed by atoms with Gasteiger partial charge in [0.2, 0.25) is 15.9 Å². The summed E-state index contributed by atoms with van der Waals surface area (Å²) in [4.78, 5) is 24.8. The van der Waals surface area contributed by atoms with E-state index in [9.17, 15) is 18.0 Å². The average molecular weight is 462 g/mol. The number of rotatable bonds is 6. The van der Waals surface area contributed by atoms with Crippen LogP contribution in [0.5, 0.6) is 5.75 Å². The van der Waals surface area contributed by atoms with Gasteiger partial charge in [0.25, 0.3) is 5.91 Å². The number of carbonyl (C=O) groups excluding carboxylic acids is 2. The zero-order valence-corrected chi connectivity index (χ0v) is 18.9. The molecule has 1 aromatic heterocycles. The number of carbonyl (C=O) groups is 2. The lowest BCUT2D eigenvalue weighted by Crippen LogP contribution is -2.45. The monoisotopic (exact) mass is 461 g/mol. The van der Waals surface area contributed by atoms with Crippen molar-refractivity contribution in [3.05, 3.63) is 41.9 Å². The fourth-order valence-corrected chi connectivity index (χ4v) is 5.82. The summed E-state index contributed by atoms with van der Waals surface area (Å²) in [5, 5.41) is 5.59. The molecule has 0 spiro atoms. The van der Waals surface area contributed by atoms with E-state index in [4.69, 9.17) is 9.15 Å². The van der Waals surface area contributed by atoms with Gasteiger partial charge >= 0.3 is 0 Å². The highest BCUT2D eigenvalue weighted by molar-refractivity contribution is 7.89. The van der Waals surface area contributed by atoms with Crippen LogP contribution in [0.1, 0.15) is 37.5 Å². The summed E-state index contributed by atoms with van der Waals surface area (Å²) in [6.07, 6.45) is 2.56. The molecule has 2 amide bonds. The highest BCUT2D eigenvalue weighted by Gasteiger charge is 2.35. The first-order valence-electron chi connectivity index (χ1n) is 10.7. The van der Waals surface area contributed by atoms with Crippen LogP contribution < -0.4 is 15.4 Å². The largest absolute Gasteiger partial charge is 0.478 e. The summed E-state index contributed by atoms with van der Waals surface area (Å²) in [6, 6.07) is 6.60. The Kier molecular flexibility index (Phi) is 6.25. The number of nitrogens with zero attached hydrogens (tertiary/aromatic N) is 1. The third-order valence-electron chi connectivity index (χ3n) is 5.86. The van der Waals surface area contributed by atoms with Gasteiger partial charge in [-0.3, -0.25) is 9.59 Å². The van der Waals surface area contributed by atoms with E-state index >= 15 is 0 Å². The first-order valence-corrected chi connectivity index (χ1v) is 12.2. The van der Waals surface area contributed by atoms with Crippen molar-refractivity contribution in [2.75, 3.05) is 18.4 Å². The minimum absolute atomic E-state index is 0.109. The van der Waals surface area contributed by atoms with Crippen LogP contribution in [0.15, 0.2) is 39.8 Å². The smallest absolute Gasteiger partial charge is 0.265 e. The van der Waals surface area contributed by atoms with Crippen LogP contribution in [0.2, 0.25) is 0 Å². The molecule has 2 aliphatic rings. The Hall–Kier alpha value is -2.85. The van der Waals surface area contributed by atoms with Crippen molar-refractivity contribution in [1.82, 2.24) is 9.62 Å². The van der Waals surface area contributed by atoms with E-state index in [2.05, 4.69) is 10.6 Å². The molecule has 3 heterocycles. The van der Waals surface area contributed by atoms with Crippen LogP contribution in [0.4, 0.5) is 5.69 Å². The Balaban J connectivity index is 1.51. The number of fused-ring (bicyclic) bond motifs is 1. The van der Waals surface area contributed by atoms with Crippen LogP contribution in [-0.2, 0) is 26.2 Å². The molecular weight excluding hydrogens is 434 g/mol. The number of hydrogen-bond acceptors (Lipinski definition) is 6. The highest BCUT2D eigenvalue weighted by atomic mass is 32.2. The number of piperidine rings is 1. The number of hydrogen-bond donors (Lipinski definition) is 2. The molecule has 0 radical (unpaired) electrons. The Bertz CT molecular complexity index is 1110. The predicted octanol–water partition coefficient (Wildman–Crippen LogP) is 2.41. The minimum atomic E-state index is -3.85. The van der Waals surface area contributed by atoms with E-state index in [1.165, 1.54) is 16.6 Å². The van der Waals surface area contributed by atoms with Gasteiger partial charge in [0.05, 0.1) is 29.3 Å². The van der Waals surface area contributed by atoms with E-state index in [0.717, 1.165) is 0 Å². The van der Waals surface area contributed by atoms with Crippen molar-refractivity contribution in [3.63, 3.8) is 0 Å². The quantitative estimate of drug-likeness (QED) is 0.682. The Morgan fingerprint density at radius 2 is 2.16 bits per heavy atom. The van der Waals surface area contributed by atoms with Crippen molar-refractivity contribution in [2.45, 2.75) is 50.7 Å². The molecule has 10 heteroatoms. The fourth-order valence-electron chi connectivity index (χ4n) is 4.08. The van der Waals surface area contributed by atoms with Gasteiger partial charge in [0.1, 0.15) is 11.5 Å². The van der Waals surface area contributed by atoms with Crippen molar-refractivity contribution in [2.24, 2.45) is 5.92 Å². The maximum atomic E-state index is 13.5. The highest BCUT2D eigenvalue weighted by Crippen LogP contribution is 2.36. The van der Waals surface area contributed by atoms with E-state index in [1.807, 2.05) is 6.92 Å². The summed E-state index contributed by atoms with van der Waals surface area (Å²) in [5.74, 6) is 0.104. The van der Waals surface area contributed by atoms with Crippen LogP contribution in [-0.4, -0.2) is 43.7 Å². The summed E-state index contributed by atoms with van der Waals surface area (Å²) in [6.45, 7) is 4.23. The third kappa shape index (κ3) is 4.37. The molecule has 2 aliphatic heterocycles. The topological polar surface area (TPSA) is 118 Å². The number of benzene rings is 1. The second-order valence-electron chi connectivity index (χ2n) is 8.12. The summed E-state index contributed by atoms with van der Waals surface area (Å²) in [7, 11) is -3.85. The van der Waals surface area contributed by atoms with Crippen molar-refractivity contribution < 1.29 is 27.2 Å². The maximum absolute atomic E-state index is 13.5. The Morgan fingerprint density at radius 3 is 2.88 bits per heavy atom. The molecular formula is C22H27N3O6S. The van der Waals surface area contributed by atoms with Crippen LogP contribution in [0.3, 0.4) is 0 Å². The number of sulfonamides is 1. The van der Waals surface area contributed by atoms with Gasteiger partial charge in [-0.25, -0.2) is 8.42 Å². The average Bonchev–Trinajstić information content (AvgIpc) is 3.30. The van der Waals surface area contributed by atoms with Gasteiger partial charge in [-0.1, -0.05) is 6.92 Å². The number of anilines is 1. The summed E-state index contributed by atoms with van der Waals surface area (Å²) >= 11 is 0. The number of aryl methyl sites for hydroxylation is 1. The second-order valence-corrected chi connectivity index (χ2v) is 10.0. The molecule has 32 heavy (non-hydrogen) atoms. The third-order valence-corrected chi connectivity index (χ3v) is 7.86. The lowest BCUT2D eigenvalue weighted by Gasteiger charge is -2.32. The standard InChI is InChI=1S/C22H27N3O6S/c1-3-18-22(27)24-17-10-14(2)20(11-19(17)31-18)32(28,29)25-8-4-6-15(13-25)21(26)23-12-16-7-5-9-30-16/h5,7,9-11,15,18H,3-4,6,8,12-13H2,1-2H3,(H,23,26)(H,24,27)/t15-,18+/m1/s1. The van der Waals surface area contributed by atoms with Gasteiger partial charge in [-0.2, -0.15) is 4.31 Å². The van der Waals surface area contributed by atoms with Gasteiger partial charge in [0, 0.05) is 19.2 Å². The predicted molar refractivity (Wildman–Crippen MR) is 117 cm³/mol. The number of amides is 2. The van der Waals surface area contributed by atoms with Gasteiger partial charge < -0.3 is 19.8 Å². The molecule has 0 unspecified atom stereocenters. The molecule has 0 bridgehead atoms. The normalized spacial score (nSPS) is 21.4. The fraction of sp³-hybridized carbons (Fsp3) is 0.455. The SMILES string of the molecule is CC[C@@H]1Oc2cc(S(=O)(=O)N3CCC[C@@H](C(=O)NCc4ccco4)C3)c(C)cc2NC1=O. The molecule has 2 N–H and O–H groups in total. The van der Waals surface area contributed by atoms with Crippen LogP contribution >= 0.6 is 0 Å². The molecule has 2 aromatic rings. The zero-order valence-electron chi connectivity index (χ0n) is 18.1. The Labute approximate surface area is 187 Å². The molecule has 0 aliphatic carbocycles. The van der Waals surface area contributed by atoms with Gasteiger partial charge in [-0.05, 0) is 49.9 Å². The second kappa shape index (κ2) is 8.95. The molecule has 2 atom stereocenters. The molecule has 1 saturated heterocycles. The first-order chi connectivity index (χ1) is 15.3. The zero-order chi connectivity index (χ0) is 22.9. The molecule has 4 rings (SSSR count). The van der Waals surface area contributed by atoms with Crippen molar-refractivity contribution in [1.29, 1.82) is 0 Å². The van der Waals surface area contributed by atoms with E-state index in [-0.39, 0.29) is 29.8 Å². The molecule has 1 aromatic carbocycles. The minimum Gasteiger partial charge on any atom is -0.478 e. The van der Waals surface area contributed by atoms with E-state index < -0.39 is 22.0 Å². The lowest BCUT2D eigenvalue weighted by atomic mass is 9.99. The van der Waals surface area contributed by atoms with Crippen LogP contribution in [0, 0.1) is 12.8 Å². The molecule has 0 saturated carbocycles. The first kappa shape index (κ1) is 22.3. The van der Waals surface area contributed by atoms with E-state index in [1.54, 1.807) is 25.1 Å². The maximum Gasteiger partial charge on any atom is 0.265 e. The summed E-state index contributed by atoms with van der Waals surface area (Å²) in [5.41, 5.74) is 0.969. The number of furan rings is 1.